The Hall–Kier alpha value is -2.85. The van der Waals surface area contributed by atoms with Gasteiger partial charge in [-0.25, -0.2) is 4.39 Å². The molecule has 1 saturated carbocycles. The molecule has 35 heavy (non-hydrogen) atoms. The van der Waals surface area contributed by atoms with E-state index >= 15 is 0 Å². The van der Waals surface area contributed by atoms with Gasteiger partial charge in [0.05, 0.1) is 0 Å². The number of aryl methyl sites for hydroxylation is 3. The third-order valence-electron chi connectivity index (χ3n) is 7.78. The van der Waals surface area contributed by atoms with Crippen molar-refractivity contribution in [1.82, 2.24) is 0 Å². The highest BCUT2D eigenvalue weighted by molar-refractivity contribution is 5.65. The molecule has 0 saturated heterocycles. The summed E-state index contributed by atoms with van der Waals surface area (Å²) >= 11 is 0. The fourth-order valence-electron chi connectivity index (χ4n) is 5.49. The minimum absolute atomic E-state index is 0.190. The lowest BCUT2D eigenvalue weighted by Crippen LogP contribution is -2.15. The summed E-state index contributed by atoms with van der Waals surface area (Å²) in [7, 11) is 0. The van der Waals surface area contributed by atoms with Gasteiger partial charge in [-0.2, -0.15) is 0 Å². The van der Waals surface area contributed by atoms with Gasteiger partial charge < -0.3 is 0 Å². The van der Waals surface area contributed by atoms with Gasteiger partial charge >= 0.3 is 0 Å². The molecule has 4 rings (SSSR count). The maximum Gasteiger partial charge on any atom is 0.127 e. The molecule has 1 aliphatic carbocycles. The molecule has 0 radical (unpaired) electrons. The van der Waals surface area contributed by atoms with Crippen LogP contribution in [0.1, 0.15) is 86.6 Å². The molecule has 1 heteroatoms. The largest absolute Gasteiger partial charge is 0.207 e. The molecule has 0 unspecified atom stereocenters. The van der Waals surface area contributed by atoms with Crippen molar-refractivity contribution >= 4 is 0 Å². The van der Waals surface area contributed by atoms with E-state index in [2.05, 4.69) is 74.2 Å². The molecule has 0 aliphatic heterocycles. The van der Waals surface area contributed by atoms with Crippen LogP contribution in [0.4, 0.5) is 4.39 Å². The van der Waals surface area contributed by atoms with Crippen LogP contribution in [0.5, 0.6) is 0 Å². The molecule has 0 spiro atoms. The van der Waals surface area contributed by atoms with Crippen LogP contribution in [0.15, 0.2) is 60.7 Å². The molecule has 0 N–H and O–H groups in total. The molecule has 0 heterocycles. The summed E-state index contributed by atoms with van der Waals surface area (Å²) in [6, 6.07) is 20.9. The first-order valence-corrected chi connectivity index (χ1v) is 13.6. The highest BCUT2D eigenvalue weighted by Crippen LogP contribution is 2.34. The van der Waals surface area contributed by atoms with Gasteiger partial charge in [0.25, 0.3) is 0 Å². The molecule has 0 atom stereocenters. The van der Waals surface area contributed by atoms with Gasteiger partial charge in [-0.3, -0.25) is 0 Å². The molecule has 1 fully saturated rings. The quantitative estimate of drug-likeness (QED) is 0.304. The Morgan fingerprint density at radius 3 is 1.97 bits per heavy atom. The highest BCUT2D eigenvalue weighted by Gasteiger charge is 2.20. The van der Waals surface area contributed by atoms with Gasteiger partial charge in [-0.1, -0.05) is 107 Å². The second kappa shape index (κ2) is 12.2. The number of halogens is 1. The Balaban J connectivity index is 1.34. The van der Waals surface area contributed by atoms with E-state index in [1.54, 1.807) is 13.0 Å². The SMILES string of the molecule is CCCC1CCC(CCc2ccc(-c3ccc(C#Cc4cc(F)c(C)cc4CC)cc3)cc2)CC1. The molecular weight excluding hydrogens is 427 g/mol. The Labute approximate surface area is 212 Å². The van der Waals surface area contributed by atoms with Crippen LogP contribution in [-0.2, 0) is 12.8 Å². The van der Waals surface area contributed by atoms with Crippen LogP contribution in [0.2, 0.25) is 0 Å². The van der Waals surface area contributed by atoms with Gasteiger partial charge in [0.2, 0.25) is 0 Å². The fourth-order valence-corrected chi connectivity index (χ4v) is 5.49. The summed E-state index contributed by atoms with van der Waals surface area (Å²) in [5, 5.41) is 0. The summed E-state index contributed by atoms with van der Waals surface area (Å²) < 4.78 is 14.0. The van der Waals surface area contributed by atoms with Crippen molar-refractivity contribution in [2.75, 3.05) is 0 Å². The molecule has 0 aromatic heterocycles. The van der Waals surface area contributed by atoms with Crippen LogP contribution < -0.4 is 0 Å². The smallest absolute Gasteiger partial charge is 0.127 e. The first kappa shape index (κ1) is 25.2. The van der Waals surface area contributed by atoms with Crippen molar-refractivity contribution in [3.05, 3.63) is 94.3 Å². The van der Waals surface area contributed by atoms with Gasteiger partial charge in [0.15, 0.2) is 0 Å². The van der Waals surface area contributed by atoms with Crippen molar-refractivity contribution in [2.45, 2.75) is 78.6 Å². The van der Waals surface area contributed by atoms with E-state index in [1.165, 1.54) is 68.1 Å². The lowest BCUT2D eigenvalue weighted by Gasteiger charge is -2.28. The van der Waals surface area contributed by atoms with E-state index in [-0.39, 0.29) is 5.82 Å². The standard InChI is InChI=1S/C34H39F/c1-4-6-26-7-9-27(10-8-26)11-12-28-13-18-31(19-14-28)32-20-15-29(16-21-32)17-22-33-24-34(35)25(3)23-30(33)5-2/h13-16,18-21,23-24,26-27H,4-12H2,1-3H3. The van der Waals surface area contributed by atoms with Crippen molar-refractivity contribution in [3.8, 4) is 23.0 Å². The van der Waals surface area contributed by atoms with E-state index in [9.17, 15) is 4.39 Å². The Morgan fingerprint density at radius 1 is 0.771 bits per heavy atom. The van der Waals surface area contributed by atoms with Crippen molar-refractivity contribution < 1.29 is 4.39 Å². The van der Waals surface area contributed by atoms with E-state index < -0.39 is 0 Å². The molecule has 3 aromatic rings. The third-order valence-corrected chi connectivity index (χ3v) is 7.78. The van der Waals surface area contributed by atoms with Crippen LogP contribution in [0.3, 0.4) is 0 Å². The average Bonchev–Trinajstić information content (AvgIpc) is 2.89. The first-order valence-electron chi connectivity index (χ1n) is 13.6. The van der Waals surface area contributed by atoms with Gasteiger partial charge in [-0.05, 0) is 84.0 Å². The molecule has 0 amide bonds. The zero-order valence-electron chi connectivity index (χ0n) is 21.7. The summed E-state index contributed by atoms with van der Waals surface area (Å²) in [6.07, 6.45) is 11.9. The number of rotatable bonds is 7. The zero-order valence-corrected chi connectivity index (χ0v) is 21.7. The van der Waals surface area contributed by atoms with Crippen LogP contribution in [-0.4, -0.2) is 0 Å². The van der Waals surface area contributed by atoms with Gasteiger partial charge in [0, 0.05) is 11.1 Å². The van der Waals surface area contributed by atoms with Gasteiger partial charge in [-0.15, -0.1) is 0 Å². The molecule has 0 nitrogen and oxygen atoms in total. The summed E-state index contributed by atoms with van der Waals surface area (Å²) in [5.41, 5.74) is 7.39. The number of benzene rings is 3. The molecule has 182 valence electrons. The van der Waals surface area contributed by atoms with E-state index in [4.69, 9.17) is 0 Å². The normalized spacial score (nSPS) is 17.6. The number of hydrogen-bond donors (Lipinski definition) is 0. The average molecular weight is 467 g/mol. The second-order valence-electron chi connectivity index (χ2n) is 10.4. The molecule has 3 aromatic carbocycles. The number of hydrogen-bond acceptors (Lipinski definition) is 0. The fraction of sp³-hybridized carbons (Fsp3) is 0.412. The predicted molar refractivity (Wildman–Crippen MR) is 147 cm³/mol. The Kier molecular flexibility index (Phi) is 8.81. The Morgan fingerprint density at radius 2 is 1.37 bits per heavy atom. The highest BCUT2D eigenvalue weighted by atomic mass is 19.1. The lowest BCUT2D eigenvalue weighted by atomic mass is 9.78. The topological polar surface area (TPSA) is 0 Å². The monoisotopic (exact) mass is 466 g/mol. The molecule has 1 aliphatic rings. The first-order chi connectivity index (χ1) is 17.1. The minimum atomic E-state index is -0.190. The Bertz CT molecular complexity index is 1150. The van der Waals surface area contributed by atoms with Crippen LogP contribution >= 0.6 is 0 Å². The maximum atomic E-state index is 14.0. The van der Waals surface area contributed by atoms with Crippen molar-refractivity contribution in [2.24, 2.45) is 11.8 Å². The minimum Gasteiger partial charge on any atom is -0.207 e. The predicted octanol–water partition coefficient (Wildman–Crippen LogP) is 9.30. The lowest BCUT2D eigenvalue weighted by molar-refractivity contribution is 0.252. The van der Waals surface area contributed by atoms with Crippen LogP contribution in [0.25, 0.3) is 11.1 Å². The van der Waals surface area contributed by atoms with Crippen LogP contribution in [0, 0.1) is 36.4 Å². The summed E-state index contributed by atoms with van der Waals surface area (Å²) in [6.45, 7) is 6.20. The molecular formula is C34H39F. The summed E-state index contributed by atoms with van der Waals surface area (Å²) in [4.78, 5) is 0. The third kappa shape index (κ3) is 6.85. The van der Waals surface area contributed by atoms with E-state index in [1.807, 2.05) is 6.07 Å². The van der Waals surface area contributed by atoms with Gasteiger partial charge in [0.1, 0.15) is 5.82 Å². The van der Waals surface area contributed by atoms with Crippen molar-refractivity contribution in [1.29, 1.82) is 0 Å². The zero-order chi connectivity index (χ0) is 24.6. The van der Waals surface area contributed by atoms with E-state index in [0.717, 1.165) is 34.9 Å². The second-order valence-corrected chi connectivity index (χ2v) is 10.4. The summed E-state index contributed by atoms with van der Waals surface area (Å²) in [5.74, 6) is 8.11. The maximum absolute atomic E-state index is 14.0. The molecule has 0 bridgehead atoms. The van der Waals surface area contributed by atoms with Crippen molar-refractivity contribution in [3.63, 3.8) is 0 Å². The van der Waals surface area contributed by atoms with E-state index in [0.29, 0.717) is 5.56 Å².